The highest BCUT2D eigenvalue weighted by Gasteiger charge is 2.56. The van der Waals surface area contributed by atoms with Crippen LogP contribution in [0.15, 0.2) is 48.5 Å². The molecule has 3 fully saturated rings. The van der Waals surface area contributed by atoms with E-state index in [1.54, 1.807) is 14.0 Å². The quantitative estimate of drug-likeness (QED) is 0.653. The Balaban J connectivity index is 1.41. The van der Waals surface area contributed by atoms with Crippen LogP contribution in [0.2, 0.25) is 0 Å². The number of methoxy groups -OCH3 is 1. The number of benzene rings is 2. The van der Waals surface area contributed by atoms with Crippen LogP contribution in [0.4, 0.5) is 0 Å². The van der Waals surface area contributed by atoms with Crippen molar-refractivity contribution in [3.63, 3.8) is 0 Å². The zero-order valence-electron chi connectivity index (χ0n) is 20.5. The van der Waals surface area contributed by atoms with Crippen molar-refractivity contribution in [3.05, 3.63) is 65.2 Å². The molecule has 0 aromatic heterocycles. The molecule has 0 N–H and O–H groups in total. The molecule has 2 heterocycles. The van der Waals surface area contributed by atoms with E-state index in [1.165, 1.54) is 29.5 Å². The molecule has 6 heteroatoms. The standard InChI is InChI=1S/C28H35N3O3/c1-20(32)30-18-15-28(16-19-30)27(33)31(17-14-21-4-12-25(34-3)13-5-21)26(29(28)2)24-10-8-23(9-11-24)22-6-7-22/h4-5,8-13,22,26H,6-7,14-19H2,1-3H3. The Hall–Kier alpha value is -2.86. The molecule has 1 saturated carbocycles. The smallest absolute Gasteiger partial charge is 0.244 e. The topological polar surface area (TPSA) is 53.1 Å². The average molecular weight is 462 g/mol. The Morgan fingerprint density at radius 2 is 1.62 bits per heavy atom. The van der Waals surface area contributed by atoms with Crippen LogP contribution in [0.25, 0.3) is 0 Å². The zero-order valence-corrected chi connectivity index (χ0v) is 20.5. The van der Waals surface area contributed by atoms with Crippen LogP contribution < -0.4 is 4.74 Å². The summed E-state index contributed by atoms with van der Waals surface area (Å²) in [4.78, 5) is 32.2. The number of ether oxygens (including phenoxy) is 1. The third kappa shape index (κ3) is 4.09. The van der Waals surface area contributed by atoms with Crippen LogP contribution >= 0.6 is 0 Å². The van der Waals surface area contributed by atoms with Crippen molar-refractivity contribution >= 4 is 11.8 Å². The van der Waals surface area contributed by atoms with Gasteiger partial charge < -0.3 is 14.5 Å². The summed E-state index contributed by atoms with van der Waals surface area (Å²) in [5.41, 5.74) is 3.21. The van der Waals surface area contributed by atoms with Crippen molar-refractivity contribution in [3.8, 4) is 5.75 Å². The molecule has 2 aromatic rings. The maximum absolute atomic E-state index is 14.0. The molecule has 5 rings (SSSR count). The van der Waals surface area contributed by atoms with Gasteiger partial charge in [-0.1, -0.05) is 36.4 Å². The van der Waals surface area contributed by atoms with Gasteiger partial charge in [0.25, 0.3) is 0 Å². The van der Waals surface area contributed by atoms with Gasteiger partial charge in [-0.15, -0.1) is 0 Å². The van der Waals surface area contributed by atoms with Crippen molar-refractivity contribution in [1.82, 2.24) is 14.7 Å². The number of piperidine rings is 1. The second-order valence-corrected chi connectivity index (χ2v) is 10.1. The van der Waals surface area contributed by atoms with E-state index in [4.69, 9.17) is 4.74 Å². The molecule has 1 atom stereocenters. The van der Waals surface area contributed by atoms with Crippen LogP contribution in [0, 0.1) is 0 Å². The van der Waals surface area contributed by atoms with Crippen LogP contribution in [-0.4, -0.2) is 65.8 Å². The van der Waals surface area contributed by atoms with E-state index in [9.17, 15) is 9.59 Å². The van der Waals surface area contributed by atoms with Crippen molar-refractivity contribution in [1.29, 1.82) is 0 Å². The molecule has 2 aliphatic heterocycles. The number of likely N-dealkylation sites (tertiary alicyclic amines) is 1. The Morgan fingerprint density at radius 1 is 1.00 bits per heavy atom. The number of hydrogen-bond donors (Lipinski definition) is 0. The SMILES string of the molecule is COc1ccc(CCN2C(=O)C3(CCN(C(C)=O)CC3)N(C)C2c2ccc(C3CC3)cc2)cc1. The number of amides is 2. The number of likely N-dealkylation sites (N-methyl/N-ethyl adjacent to an activating group) is 1. The lowest BCUT2D eigenvalue weighted by atomic mass is 9.86. The highest BCUT2D eigenvalue weighted by molar-refractivity contribution is 5.89. The molecule has 6 nitrogen and oxygen atoms in total. The number of hydrogen-bond acceptors (Lipinski definition) is 4. The molecular formula is C28H35N3O3. The second kappa shape index (κ2) is 9.06. The number of carbonyl (C=O) groups excluding carboxylic acids is 2. The van der Waals surface area contributed by atoms with E-state index >= 15 is 0 Å². The molecule has 0 radical (unpaired) electrons. The fourth-order valence-electron chi connectivity index (χ4n) is 5.76. The second-order valence-electron chi connectivity index (χ2n) is 10.1. The predicted molar refractivity (Wildman–Crippen MR) is 132 cm³/mol. The normalized spacial score (nSPS) is 22.4. The molecule has 2 saturated heterocycles. The van der Waals surface area contributed by atoms with E-state index in [-0.39, 0.29) is 18.0 Å². The van der Waals surface area contributed by atoms with Gasteiger partial charge in [-0.25, -0.2) is 0 Å². The van der Waals surface area contributed by atoms with E-state index in [0.29, 0.717) is 38.4 Å². The lowest BCUT2D eigenvalue weighted by Crippen LogP contribution is -2.56. The summed E-state index contributed by atoms with van der Waals surface area (Å²) in [7, 11) is 3.76. The summed E-state index contributed by atoms with van der Waals surface area (Å²) >= 11 is 0. The third-order valence-electron chi connectivity index (χ3n) is 8.12. The van der Waals surface area contributed by atoms with Gasteiger partial charge in [0.2, 0.25) is 11.8 Å². The number of carbonyl (C=O) groups is 2. The fraction of sp³-hybridized carbons (Fsp3) is 0.500. The minimum atomic E-state index is -0.550. The van der Waals surface area contributed by atoms with Gasteiger partial charge in [0, 0.05) is 26.6 Å². The summed E-state index contributed by atoms with van der Waals surface area (Å²) in [5, 5.41) is 0. The first-order valence-corrected chi connectivity index (χ1v) is 12.5. The van der Waals surface area contributed by atoms with E-state index in [1.807, 2.05) is 17.0 Å². The van der Waals surface area contributed by atoms with E-state index in [0.717, 1.165) is 12.2 Å². The predicted octanol–water partition coefficient (Wildman–Crippen LogP) is 3.97. The van der Waals surface area contributed by atoms with Crippen molar-refractivity contribution in [2.24, 2.45) is 0 Å². The highest BCUT2D eigenvalue weighted by atomic mass is 16.5. The lowest BCUT2D eigenvalue weighted by Gasteiger charge is -2.41. The van der Waals surface area contributed by atoms with Crippen molar-refractivity contribution in [2.75, 3.05) is 33.8 Å². The van der Waals surface area contributed by atoms with Gasteiger partial charge in [0.05, 0.1) is 7.11 Å². The molecular weight excluding hydrogens is 426 g/mol. The van der Waals surface area contributed by atoms with E-state index < -0.39 is 5.54 Å². The average Bonchev–Trinajstić information content (AvgIpc) is 3.69. The Bertz CT molecular complexity index is 1040. The monoisotopic (exact) mass is 461 g/mol. The summed E-state index contributed by atoms with van der Waals surface area (Å²) in [6.45, 7) is 3.53. The molecule has 1 spiro atoms. The number of rotatable bonds is 6. The van der Waals surface area contributed by atoms with Crippen LogP contribution in [-0.2, 0) is 16.0 Å². The maximum Gasteiger partial charge on any atom is 0.244 e. The first-order valence-electron chi connectivity index (χ1n) is 12.5. The molecule has 3 aliphatic rings. The van der Waals surface area contributed by atoms with Gasteiger partial charge in [0.1, 0.15) is 17.5 Å². The Labute approximate surface area is 202 Å². The molecule has 1 unspecified atom stereocenters. The van der Waals surface area contributed by atoms with Gasteiger partial charge in [0.15, 0.2) is 0 Å². The minimum absolute atomic E-state index is 0.0894. The molecule has 0 bridgehead atoms. The molecule has 1 aliphatic carbocycles. The van der Waals surface area contributed by atoms with Crippen LogP contribution in [0.3, 0.4) is 0 Å². The van der Waals surface area contributed by atoms with Gasteiger partial charge in [-0.2, -0.15) is 0 Å². The lowest BCUT2D eigenvalue weighted by molar-refractivity contribution is -0.139. The first-order chi connectivity index (χ1) is 16.4. The summed E-state index contributed by atoms with van der Waals surface area (Å²) < 4.78 is 5.29. The molecule has 180 valence electrons. The van der Waals surface area contributed by atoms with Crippen molar-refractivity contribution < 1.29 is 14.3 Å². The van der Waals surface area contributed by atoms with E-state index in [2.05, 4.69) is 53.2 Å². The summed E-state index contributed by atoms with van der Waals surface area (Å²) in [5.74, 6) is 1.84. The van der Waals surface area contributed by atoms with Crippen LogP contribution in [0.1, 0.15) is 61.4 Å². The highest BCUT2D eigenvalue weighted by Crippen LogP contribution is 2.46. The Morgan fingerprint density at radius 3 is 2.18 bits per heavy atom. The summed E-state index contributed by atoms with van der Waals surface area (Å²) in [6.07, 6.45) is 4.61. The fourth-order valence-corrected chi connectivity index (χ4v) is 5.76. The maximum atomic E-state index is 14.0. The Kier molecular flexibility index (Phi) is 6.11. The van der Waals surface area contributed by atoms with Crippen molar-refractivity contribution in [2.45, 2.75) is 56.7 Å². The third-order valence-corrected chi connectivity index (χ3v) is 8.12. The van der Waals surface area contributed by atoms with Crippen LogP contribution in [0.5, 0.6) is 5.75 Å². The molecule has 2 amide bonds. The molecule has 34 heavy (non-hydrogen) atoms. The first kappa shape index (κ1) is 22.9. The number of nitrogens with zero attached hydrogens (tertiary/aromatic N) is 3. The zero-order chi connectivity index (χ0) is 23.9. The van der Waals surface area contributed by atoms with Gasteiger partial charge in [-0.05, 0) is 73.9 Å². The van der Waals surface area contributed by atoms with Gasteiger partial charge in [-0.3, -0.25) is 14.5 Å². The molecule has 2 aromatic carbocycles. The largest absolute Gasteiger partial charge is 0.497 e. The minimum Gasteiger partial charge on any atom is -0.497 e. The summed E-state index contributed by atoms with van der Waals surface area (Å²) in [6, 6.07) is 17.0. The van der Waals surface area contributed by atoms with Gasteiger partial charge >= 0.3 is 0 Å².